The molecule has 0 N–H and O–H groups in total. The Bertz CT molecular complexity index is 573. The summed E-state index contributed by atoms with van der Waals surface area (Å²) in [6, 6.07) is 15.5. The van der Waals surface area contributed by atoms with Crippen molar-refractivity contribution in [2.24, 2.45) is 0 Å². The first-order valence-electron chi connectivity index (χ1n) is 6.32. The summed E-state index contributed by atoms with van der Waals surface area (Å²) in [6.45, 7) is 3.94. The van der Waals surface area contributed by atoms with E-state index in [2.05, 4.69) is 0 Å². The lowest BCUT2D eigenvalue weighted by Crippen LogP contribution is -2.16. The minimum atomic E-state index is -0.540. The number of hydrogen-bond donors (Lipinski definition) is 0. The molecular formula is C17H18O2. The zero-order chi connectivity index (χ0) is 13.8. The van der Waals surface area contributed by atoms with Crippen LogP contribution in [0.1, 0.15) is 33.2 Å². The first kappa shape index (κ1) is 13.5. The standard InChI is InChI=1S/C17H18O2/c1-12-9-10-13(2)15(11-12)16(18)17(19-3)14-7-5-4-6-8-14/h4-11,17H,1-3H3. The Morgan fingerprint density at radius 1 is 1.05 bits per heavy atom. The molecule has 2 aromatic carbocycles. The Hall–Kier alpha value is -1.93. The number of methoxy groups -OCH3 is 1. The zero-order valence-electron chi connectivity index (χ0n) is 11.5. The van der Waals surface area contributed by atoms with Gasteiger partial charge in [-0.1, -0.05) is 48.0 Å². The van der Waals surface area contributed by atoms with Crippen LogP contribution in [0.3, 0.4) is 0 Å². The van der Waals surface area contributed by atoms with Crippen LogP contribution in [0.15, 0.2) is 48.5 Å². The van der Waals surface area contributed by atoms with E-state index in [1.807, 2.05) is 62.4 Å². The fourth-order valence-corrected chi connectivity index (χ4v) is 2.16. The number of hydrogen-bond acceptors (Lipinski definition) is 2. The first-order chi connectivity index (χ1) is 9.13. The number of carbonyl (C=O) groups is 1. The molecule has 2 rings (SSSR count). The van der Waals surface area contributed by atoms with E-state index in [1.165, 1.54) is 0 Å². The van der Waals surface area contributed by atoms with Crippen molar-refractivity contribution < 1.29 is 9.53 Å². The third-order valence-electron chi connectivity index (χ3n) is 3.23. The molecule has 0 spiro atoms. The Balaban J connectivity index is 2.39. The van der Waals surface area contributed by atoms with E-state index in [-0.39, 0.29) is 5.78 Å². The molecule has 0 aliphatic rings. The van der Waals surface area contributed by atoms with Gasteiger partial charge in [-0.15, -0.1) is 0 Å². The fourth-order valence-electron chi connectivity index (χ4n) is 2.16. The van der Waals surface area contributed by atoms with Crippen molar-refractivity contribution in [3.8, 4) is 0 Å². The summed E-state index contributed by atoms with van der Waals surface area (Å²) < 4.78 is 5.40. The fraction of sp³-hybridized carbons (Fsp3) is 0.235. The lowest BCUT2D eigenvalue weighted by atomic mass is 9.95. The molecule has 0 heterocycles. The number of carbonyl (C=O) groups excluding carboxylic acids is 1. The lowest BCUT2D eigenvalue weighted by molar-refractivity contribution is 0.0603. The number of ether oxygens (including phenoxy) is 1. The third kappa shape index (κ3) is 2.91. The van der Waals surface area contributed by atoms with Crippen molar-refractivity contribution in [1.29, 1.82) is 0 Å². The van der Waals surface area contributed by atoms with E-state index >= 15 is 0 Å². The molecular weight excluding hydrogens is 236 g/mol. The van der Waals surface area contributed by atoms with E-state index in [0.717, 1.165) is 22.3 Å². The second kappa shape index (κ2) is 5.81. The highest BCUT2D eigenvalue weighted by molar-refractivity contribution is 6.01. The van der Waals surface area contributed by atoms with Gasteiger partial charge < -0.3 is 4.74 Å². The number of ketones is 1. The predicted molar refractivity (Wildman–Crippen MR) is 76.4 cm³/mol. The van der Waals surface area contributed by atoms with Crippen LogP contribution in [0, 0.1) is 13.8 Å². The molecule has 0 fully saturated rings. The van der Waals surface area contributed by atoms with Gasteiger partial charge >= 0.3 is 0 Å². The third-order valence-corrected chi connectivity index (χ3v) is 3.23. The largest absolute Gasteiger partial charge is 0.369 e. The van der Waals surface area contributed by atoms with Crippen LogP contribution in [0.4, 0.5) is 0 Å². The van der Waals surface area contributed by atoms with E-state index in [0.29, 0.717) is 0 Å². The van der Waals surface area contributed by atoms with Crippen LogP contribution >= 0.6 is 0 Å². The minimum Gasteiger partial charge on any atom is -0.369 e. The number of benzene rings is 2. The van der Waals surface area contributed by atoms with Gasteiger partial charge in [-0.2, -0.15) is 0 Å². The van der Waals surface area contributed by atoms with Crippen LogP contribution < -0.4 is 0 Å². The van der Waals surface area contributed by atoms with Crippen molar-refractivity contribution in [1.82, 2.24) is 0 Å². The Kier molecular flexibility index (Phi) is 4.13. The first-order valence-corrected chi connectivity index (χ1v) is 6.32. The molecule has 2 nitrogen and oxygen atoms in total. The predicted octanol–water partition coefficient (Wildman–Crippen LogP) is 3.87. The maximum atomic E-state index is 12.6. The van der Waals surface area contributed by atoms with Crippen molar-refractivity contribution in [3.05, 3.63) is 70.8 Å². The maximum absolute atomic E-state index is 12.6. The molecule has 0 bridgehead atoms. The SMILES string of the molecule is COC(C(=O)c1cc(C)ccc1C)c1ccccc1. The normalized spacial score (nSPS) is 12.2. The molecule has 0 aliphatic carbocycles. The summed E-state index contributed by atoms with van der Waals surface area (Å²) in [5.41, 5.74) is 3.68. The van der Waals surface area contributed by atoms with Gasteiger partial charge in [0.1, 0.15) is 6.10 Å². The van der Waals surface area contributed by atoms with E-state index < -0.39 is 6.10 Å². The zero-order valence-corrected chi connectivity index (χ0v) is 11.5. The van der Waals surface area contributed by atoms with Gasteiger partial charge in [0.25, 0.3) is 0 Å². The molecule has 0 saturated carbocycles. The van der Waals surface area contributed by atoms with Crippen LogP contribution in [-0.2, 0) is 4.74 Å². The van der Waals surface area contributed by atoms with Gasteiger partial charge in [0, 0.05) is 12.7 Å². The molecule has 0 aromatic heterocycles. The topological polar surface area (TPSA) is 26.3 Å². The van der Waals surface area contributed by atoms with Crippen molar-refractivity contribution >= 4 is 5.78 Å². The second-order valence-corrected chi connectivity index (χ2v) is 4.71. The summed E-state index contributed by atoms with van der Waals surface area (Å²) in [5.74, 6) is 0.00917. The summed E-state index contributed by atoms with van der Waals surface area (Å²) in [4.78, 5) is 12.6. The van der Waals surface area contributed by atoms with E-state index in [1.54, 1.807) is 7.11 Å². The Labute approximate surface area is 114 Å². The molecule has 0 amide bonds. The quantitative estimate of drug-likeness (QED) is 0.774. The Morgan fingerprint density at radius 2 is 1.74 bits per heavy atom. The highest BCUT2D eigenvalue weighted by Crippen LogP contribution is 2.24. The van der Waals surface area contributed by atoms with Gasteiger partial charge in [0.2, 0.25) is 0 Å². The van der Waals surface area contributed by atoms with Crippen LogP contribution in [0.5, 0.6) is 0 Å². The molecule has 0 radical (unpaired) electrons. The number of rotatable bonds is 4. The van der Waals surface area contributed by atoms with Gasteiger partial charge in [-0.25, -0.2) is 0 Å². The van der Waals surface area contributed by atoms with Crippen LogP contribution in [0.25, 0.3) is 0 Å². The lowest BCUT2D eigenvalue weighted by Gasteiger charge is -2.16. The number of Topliss-reactive ketones (excluding diaryl/α,β-unsaturated/α-hetero) is 1. The van der Waals surface area contributed by atoms with E-state index in [4.69, 9.17) is 4.74 Å². The molecule has 1 unspecified atom stereocenters. The van der Waals surface area contributed by atoms with Crippen molar-refractivity contribution in [3.63, 3.8) is 0 Å². The van der Waals surface area contributed by atoms with Gasteiger partial charge in [0.15, 0.2) is 5.78 Å². The highest BCUT2D eigenvalue weighted by atomic mass is 16.5. The highest BCUT2D eigenvalue weighted by Gasteiger charge is 2.22. The minimum absolute atomic E-state index is 0.00917. The Morgan fingerprint density at radius 3 is 2.37 bits per heavy atom. The average molecular weight is 254 g/mol. The van der Waals surface area contributed by atoms with E-state index in [9.17, 15) is 4.79 Å². The van der Waals surface area contributed by atoms with Crippen molar-refractivity contribution in [2.75, 3.05) is 7.11 Å². The van der Waals surface area contributed by atoms with Crippen LogP contribution in [-0.4, -0.2) is 12.9 Å². The molecule has 2 heteroatoms. The molecule has 0 saturated heterocycles. The summed E-state index contributed by atoms with van der Waals surface area (Å²) in [6.07, 6.45) is -0.540. The van der Waals surface area contributed by atoms with Gasteiger partial charge in [-0.3, -0.25) is 4.79 Å². The summed E-state index contributed by atoms with van der Waals surface area (Å²) in [7, 11) is 1.57. The maximum Gasteiger partial charge on any atom is 0.196 e. The average Bonchev–Trinajstić information content (AvgIpc) is 2.43. The summed E-state index contributed by atoms with van der Waals surface area (Å²) >= 11 is 0. The van der Waals surface area contributed by atoms with Gasteiger partial charge in [0.05, 0.1) is 0 Å². The van der Waals surface area contributed by atoms with Gasteiger partial charge in [-0.05, 0) is 31.0 Å². The molecule has 1 atom stereocenters. The smallest absolute Gasteiger partial charge is 0.196 e. The molecule has 2 aromatic rings. The van der Waals surface area contributed by atoms with Crippen molar-refractivity contribution in [2.45, 2.75) is 20.0 Å². The second-order valence-electron chi connectivity index (χ2n) is 4.71. The molecule has 19 heavy (non-hydrogen) atoms. The molecule has 98 valence electrons. The molecule has 0 aliphatic heterocycles. The monoisotopic (exact) mass is 254 g/mol. The number of aryl methyl sites for hydroxylation is 2. The van der Waals surface area contributed by atoms with Crippen LogP contribution in [0.2, 0.25) is 0 Å². The summed E-state index contributed by atoms with van der Waals surface area (Å²) in [5, 5.41) is 0.